The van der Waals surface area contributed by atoms with Crippen LogP contribution < -0.4 is 4.74 Å². The van der Waals surface area contributed by atoms with Crippen molar-refractivity contribution in [2.75, 3.05) is 7.11 Å². The second kappa shape index (κ2) is 4.39. The number of rotatable bonds is 3. The van der Waals surface area contributed by atoms with E-state index in [1.807, 2.05) is 0 Å². The highest BCUT2D eigenvalue weighted by Crippen LogP contribution is 2.27. The molecule has 74 valence electrons. The van der Waals surface area contributed by atoms with E-state index in [-0.39, 0.29) is 12.3 Å². The van der Waals surface area contributed by atoms with Gasteiger partial charge in [-0.1, -0.05) is 0 Å². The predicted octanol–water partition coefficient (Wildman–Crippen LogP) is 1.38. The third-order valence-corrected chi connectivity index (χ3v) is 1.66. The quantitative estimate of drug-likeness (QED) is 0.588. The highest BCUT2D eigenvalue weighted by atomic mass is 19.1. The Morgan fingerprint density at radius 1 is 1.64 bits per heavy atom. The zero-order chi connectivity index (χ0) is 10.6. The van der Waals surface area contributed by atoms with Crippen molar-refractivity contribution < 1.29 is 19.0 Å². The Hall–Kier alpha value is -1.87. The van der Waals surface area contributed by atoms with Gasteiger partial charge in [0.1, 0.15) is 5.75 Å². The van der Waals surface area contributed by atoms with Crippen LogP contribution in [-0.4, -0.2) is 18.3 Å². The average molecular weight is 197 g/mol. The number of aromatic hydroxyl groups is 1. The highest BCUT2D eigenvalue weighted by molar-refractivity contribution is 5.42. The number of phenolic OH excluding ortho intramolecular Hbond substituents is 1. The number of halogens is 1. The summed E-state index contributed by atoms with van der Waals surface area (Å²) < 4.78 is 17.7. The molecule has 0 radical (unpaired) electrons. The molecule has 0 amide bonds. The van der Waals surface area contributed by atoms with Gasteiger partial charge in [-0.15, -0.1) is 0 Å². The molecule has 1 N–H and O–H groups in total. The summed E-state index contributed by atoms with van der Waals surface area (Å²) in [4.78, 5) is 13.2. The van der Waals surface area contributed by atoms with Gasteiger partial charge < -0.3 is 9.84 Å². The van der Waals surface area contributed by atoms with Crippen LogP contribution in [0.25, 0.3) is 0 Å². The third kappa shape index (κ3) is 2.08. The second-order valence-electron chi connectivity index (χ2n) is 2.52. The third-order valence-electron chi connectivity index (χ3n) is 1.66. The van der Waals surface area contributed by atoms with Gasteiger partial charge in [-0.25, -0.2) is 14.2 Å². The largest absolute Gasteiger partial charge is 0.505 e. The number of isocyanates is 1. The van der Waals surface area contributed by atoms with Gasteiger partial charge in [0, 0.05) is 11.6 Å². The first-order chi connectivity index (χ1) is 6.69. The van der Waals surface area contributed by atoms with E-state index in [2.05, 4.69) is 4.99 Å². The van der Waals surface area contributed by atoms with Gasteiger partial charge in [-0.05, 0) is 6.07 Å². The number of benzene rings is 1. The van der Waals surface area contributed by atoms with E-state index in [0.717, 1.165) is 12.1 Å². The lowest BCUT2D eigenvalue weighted by molar-refractivity contribution is 0.394. The fraction of sp³-hybridized carbons (Fsp3) is 0.222. The summed E-state index contributed by atoms with van der Waals surface area (Å²) in [7, 11) is 1.36. The van der Waals surface area contributed by atoms with Crippen LogP contribution in [0.3, 0.4) is 0 Å². The number of ether oxygens (including phenoxy) is 1. The molecule has 1 rings (SSSR count). The number of phenols is 1. The average Bonchev–Trinajstić information content (AvgIpc) is 2.19. The fourth-order valence-electron chi connectivity index (χ4n) is 1.02. The van der Waals surface area contributed by atoms with Crippen LogP contribution in [0.15, 0.2) is 17.1 Å². The lowest BCUT2D eigenvalue weighted by Gasteiger charge is -2.06. The molecular formula is C9H8FNO3. The zero-order valence-electron chi connectivity index (χ0n) is 7.45. The van der Waals surface area contributed by atoms with Crippen molar-refractivity contribution in [1.82, 2.24) is 0 Å². The van der Waals surface area contributed by atoms with E-state index in [4.69, 9.17) is 9.84 Å². The summed E-state index contributed by atoms with van der Waals surface area (Å²) in [6.07, 6.45) is 1.35. The Morgan fingerprint density at radius 3 is 2.93 bits per heavy atom. The minimum absolute atomic E-state index is 0.000509. The first-order valence-corrected chi connectivity index (χ1v) is 3.78. The van der Waals surface area contributed by atoms with Gasteiger partial charge in [0.2, 0.25) is 6.08 Å². The number of nitrogens with zero attached hydrogens (tertiary/aromatic N) is 1. The Morgan fingerprint density at radius 2 is 2.36 bits per heavy atom. The molecule has 0 aliphatic rings. The van der Waals surface area contributed by atoms with E-state index in [9.17, 15) is 9.18 Å². The lowest BCUT2D eigenvalue weighted by atomic mass is 10.2. The van der Waals surface area contributed by atoms with Gasteiger partial charge in [0.25, 0.3) is 0 Å². The van der Waals surface area contributed by atoms with Crippen molar-refractivity contribution in [3.63, 3.8) is 0 Å². The summed E-state index contributed by atoms with van der Waals surface area (Å²) in [6.45, 7) is 0.000509. The molecule has 14 heavy (non-hydrogen) atoms. The molecule has 0 saturated heterocycles. The number of aliphatic imine (C=N–C) groups is 1. The first kappa shape index (κ1) is 10.2. The van der Waals surface area contributed by atoms with Crippen molar-refractivity contribution in [1.29, 1.82) is 0 Å². The van der Waals surface area contributed by atoms with Gasteiger partial charge in [-0.2, -0.15) is 0 Å². The van der Waals surface area contributed by atoms with Gasteiger partial charge in [0.05, 0.1) is 13.7 Å². The van der Waals surface area contributed by atoms with Crippen LogP contribution in [0.5, 0.6) is 11.5 Å². The maximum Gasteiger partial charge on any atom is 0.235 e. The van der Waals surface area contributed by atoms with Crippen molar-refractivity contribution >= 4 is 6.08 Å². The van der Waals surface area contributed by atoms with Crippen LogP contribution in [0.2, 0.25) is 0 Å². The second-order valence-corrected chi connectivity index (χ2v) is 2.52. The minimum atomic E-state index is -0.777. The fourth-order valence-corrected chi connectivity index (χ4v) is 1.02. The molecule has 1 aromatic carbocycles. The molecule has 0 spiro atoms. The van der Waals surface area contributed by atoms with E-state index in [1.54, 1.807) is 0 Å². The molecule has 0 aromatic heterocycles. The Labute approximate surface area is 79.7 Å². The van der Waals surface area contributed by atoms with Gasteiger partial charge in [0.15, 0.2) is 11.6 Å². The van der Waals surface area contributed by atoms with Crippen LogP contribution in [0.4, 0.5) is 4.39 Å². The molecular weight excluding hydrogens is 189 g/mol. The van der Waals surface area contributed by atoms with Crippen LogP contribution in [-0.2, 0) is 11.3 Å². The molecule has 0 heterocycles. The van der Waals surface area contributed by atoms with Crippen molar-refractivity contribution in [3.05, 3.63) is 23.5 Å². The topological polar surface area (TPSA) is 58.9 Å². The standard InChI is InChI=1S/C9H8FNO3/c1-14-9-3-7(10)8(13)2-6(9)4-11-5-12/h2-3,13H,4H2,1H3. The number of carbonyl (C=O) groups excluding carboxylic acids is 1. The highest BCUT2D eigenvalue weighted by Gasteiger charge is 2.08. The van der Waals surface area contributed by atoms with Crippen LogP contribution in [0.1, 0.15) is 5.56 Å². The summed E-state index contributed by atoms with van der Waals surface area (Å²) in [5.74, 6) is -1.04. The number of methoxy groups -OCH3 is 1. The number of hydrogen-bond donors (Lipinski definition) is 1. The smallest absolute Gasteiger partial charge is 0.235 e. The first-order valence-electron chi connectivity index (χ1n) is 3.78. The minimum Gasteiger partial charge on any atom is -0.505 e. The van der Waals surface area contributed by atoms with Crippen molar-refractivity contribution in [2.45, 2.75) is 6.54 Å². The molecule has 0 atom stereocenters. The summed E-state index contributed by atoms with van der Waals surface area (Å²) >= 11 is 0. The molecule has 4 nitrogen and oxygen atoms in total. The monoisotopic (exact) mass is 197 g/mol. The van der Waals surface area contributed by atoms with E-state index >= 15 is 0 Å². The summed E-state index contributed by atoms with van der Waals surface area (Å²) in [5, 5.41) is 9.05. The van der Waals surface area contributed by atoms with E-state index in [0.29, 0.717) is 5.56 Å². The molecule has 5 heteroatoms. The van der Waals surface area contributed by atoms with Crippen molar-refractivity contribution in [3.8, 4) is 11.5 Å². The molecule has 0 fully saturated rings. The zero-order valence-corrected chi connectivity index (χ0v) is 7.45. The number of hydrogen-bond acceptors (Lipinski definition) is 4. The van der Waals surface area contributed by atoms with Gasteiger partial charge >= 0.3 is 0 Å². The van der Waals surface area contributed by atoms with Gasteiger partial charge in [-0.3, -0.25) is 0 Å². The Balaban J connectivity index is 3.12. The van der Waals surface area contributed by atoms with E-state index in [1.165, 1.54) is 13.2 Å². The molecule has 0 unspecified atom stereocenters. The SMILES string of the molecule is COc1cc(F)c(O)cc1CN=C=O. The molecule has 1 aromatic rings. The van der Waals surface area contributed by atoms with Crippen molar-refractivity contribution in [2.24, 2.45) is 4.99 Å². The normalized spacial score (nSPS) is 9.29. The summed E-state index contributed by atoms with van der Waals surface area (Å²) in [6, 6.07) is 2.19. The Bertz CT molecular complexity index is 386. The maximum atomic E-state index is 12.8. The maximum absolute atomic E-state index is 12.8. The van der Waals surface area contributed by atoms with Crippen LogP contribution >= 0.6 is 0 Å². The molecule has 0 aliphatic carbocycles. The Kier molecular flexibility index (Phi) is 3.20. The summed E-state index contributed by atoms with van der Waals surface area (Å²) in [5.41, 5.74) is 0.426. The van der Waals surface area contributed by atoms with E-state index < -0.39 is 11.6 Å². The molecule has 0 aliphatic heterocycles. The predicted molar refractivity (Wildman–Crippen MR) is 46.4 cm³/mol. The molecule has 0 saturated carbocycles. The lowest BCUT2D eigenvalue weighted by Crippen LogP contribution is -1.92. The molecule has 0 bridgehead atoms. The van der Waals surface area contributed by atoms with Crippen LogP contribution in [0, 0.1) is 5.82 Å².